The first kappa shape index (κ1) is 15.2. The Labute approximate surface area is 123 Å². The van der Waals surface area contributed by atoms with E-state index in [1.165, 1.54) is 24.5 Å². The number of methoxy groups -OCH3 is 1. The van der Waals surface area contributed by atoms with Gasteiger partial charge in [0.1, 0.15) is 12.4 Å². The molecular formula is C13H15N3O4S. The van der Waals surface area contributed by atoms with E-state index in [2.05, 4.69) is 14.7 Å². The fourth-order valence-corrected chi connectivity index (χ4v) is 2.45. The van der Waals surface area contributed by atoms with Gasteiger partial charge in [0.2, 0.25) is 5.95 Å². The van der Waals surface area contributed by atoms with E-state index in [0.29, 0.717) is 19.0 Å². The molecule has 2 rings (SSSR count). The summed E-state index contributed by atoms with van der Waals surface area (Å²) in [6.07, 6.45) is 2.91. The van der Waals surface area contributed by atoms with E-state index in [1.807, 2.05) is 0 Å². The van der Waals surface area contributed by atoms with Crippen LogP contribution in [0.5, 0.6) is 5.75 Å². The maximum atomic E-state index is 12.1. The lowest BCUT2D eigenvalue weighted by Crippen LogP contribution is -2.14. The summed E-state index contributed by atoms with van der Waals surface area (Å²) in [5.74, 6) is 0.597. The molecule has 2 aromatic rings. The summed E-state index contributed by atoms with van der Waals surface area (Å²) in [4.78, 5) is 7.74. The van der Waals surface area contributed by atoms with Crippen LogP contribution in [0.15, 0.2) is 47.6 Å². The number of hydrogen-bond donors (Lipinski definition) is 1. The Morgan fingerprint density at radius 2 is 1.76 bits per heavy atom. The number of benzene rings is 1. The first-order valence-electron chi connectivity index (χ1n) is 6.13. The molecule has 0 spiro atoms. The van der Waals surface area contributed by atoms with Crippen LogP contribution in [0.2, 0.25) is 0 Å². The maximum Gasteiger partial charge on any atom is 0.264 e. The number of rotatable bonds is 7. The smallest absolute Gasteiger partial charge is 0.264 e. The van der Waals surface area contributed by atoms with Crippen LogP contribution in [0.1, 0.15) is 0 Å². The van der Waals surface area contributed by atoms with Gasteiger partial charge in [-0.05, 0) is 30.3 Å². The predicted octanol–water partition coefficient (Wildman–Crippen LogP) is 1.30. The zero-order valence-electron chi connectivity index (χ0n) is 11.4. The summed E-state index contributed by atoms with van der Waals surface area (Å²) in [5, 5.41) is 0. The molecule has 1 aromatic carbocycles. The highest BCUT2D eigenvalue weighted by Gasteiger charge is 2.15. The van der Waals surface area contributed by atoms with Crippen LogP contribution in [0.25, 0.3) is 0 Å². The Morgan fingerprint density at radius 1 is 1.10 bits per heavy atom. The van der Waals surface area contributed by atoms with E-state index < -0.39 is 10.0 Å². The van der Waals surface area contributed by atoms with E-state index in [1.54, 1.807) is 25.3 Å². The molecule has 0 radical (unpaired) electrons. The van der Waals surface area contributed by atoms with Crippen molar-refractivity contribution in [3.8, 4) is 5.75 Å². The van der Waals surface area contributed by atoms with Gasteiger partial charge in [0.05, 0.1) is 11.5 Å². The zero-order chi connectivity index (χ0) is 15.1. The van der Waals surface area contributed by atoms with Crippen molar-refractivity contribution in [1.29, 1.82) is 0 Å². The number of hydrogen-bond acceptors (Lipinski definition) is 6. The third kappa shape index (κ3) is 4.40. The second kappa shape index (κ2) is 7.00. The van der Waals surface area contributed by atoms with Gasteiger partial charge in [0.25, 0.3) is 10.0 Å². The number of ether oxygens (including phenoxy) is 2. The predicted molar refractivity (Wildman–Crippen MR) is 76.7 cm³/mol. The van der Waals surface area contributed by atoms with E-state index in [4.69, 9.17) is 9.47 Å². The first-order valence-corrected chi connectivity index (χ1v) is 7.62. The van der Waals surface area contributed by atoms with Gasteiger partial charge >= 0.3 is 0 Å². The van der Waals surface area contributed by atoms with Gasteiger partial charge in [-0.1, -0.05) is 0 Å². The summed E-state index contributed by atoms with van der Waals surface area (Å²) in [5.41, 5.74) is 0. The van der Waals surface area contributed by atoms with E-state index >= 15 is 0 Å². The molecule has 0 saturated heterocycles. The highest BCUT2D eigenvalue weighted by atomic mass is 32.2. The van der Waals surface area contributed by atoms with Crippen LogP contribution in [0.3, 0.4) is 0 Å². The van der Waals surface area contributed by atoms with Gasteiger partial charge in [0, 0.05) is 19.5 Å². The first-order chi connectivity index (χ1) is 10.1. The summed E-state index contributed by atoms with van der Waals surface area (Å²) < 4.78 is 36.8. The molecule has 0 aliphatic rings. The molecule has 1 N–H and O–H groups in total. The molecule has 0 atom stereocenters. The molecule has 21 heavy (non-hydrogen) atoms. The van der Waals surface area contributed by atoms with Gasteiger partial charge in [-0.2, -0.15) is 0 Å². The average Bonchev–Trinajstić information content (AvgIpc) is 2.49. The molecule has 0 fully saturated rings. The Morgan fingerprint density at radius 3 is 2.38 bits per heavy atom. The molecule has 0 aliphatic carbocycles. The number of anilines is 1. The van der Waals surface area contributed by atoms with Crippen LogP contribution < -0.4 is 9.46 Å². The monoisotopic (exact) mass is 309 g/mol. The molecule has 0 saturated carbocycles. The van der Waals surface area contributed by atoms with Crippen LogP contribution in [0.4, 0.5) is 5.95 Å². The number of nitrogens with one attached hydrogen (secondary N) is 1. The van der Waals surface area contributed by atoms with Crippen molar-refractivity contribution in [2.45, 2.75) is 4.90 Å². The number of nitrogens with zero attached hydrogens (tertiary/aromatic N) is 2. The van der Waals surface area contributed by atoms with Gasteiger partial charge in [-0.25, -0.2) is 23.1 Å². The molecule has 112 valence electrons. The summed E-state index contributed by atoms with van der Waals surface area (Å²) in [6.45, 7) is 0.867. The number of sulfonamides is 1. The largest absolute Gasteiger partial charge is 0.491 e. The Bertz CT molecular complexity index is 660. The quantitative estimate of drug-likeness (QED) is 0.775. The van der Waals surface area contributed by atoms with E-state index in [-0.39, 0.29) is 10.8 Å². The van der Waals surface area contributed by atoms with Crippen LogP contribution in [-0.2, 0) is 14.8 Å². The Kier molecular flexibility index (Phi) is 5.07. The Hall–Kier alpha value is -2.19. The van der Waals surface area contributed by atoms with Crippen molar-refractivity contribution in [2.75, 3.05) is 25.0 Å². The number of aromatic nitrogens is 2. The van der Waals surface area contributed by atoms with Crippen molar-refractivity contribution in [3.63, 3.8) is 0 Å². The van der Waals surface area contributed by atoms with E-state index in [9.17, 15) is 8.42 Å². The fraction of sp³-hybridized carbons (Fsp3) is 0.231. The van der Waals surface area contributed by atoms with Crippen molar-refractivity contribution >= 4 is 16.0 Å². The van der Waals surface area contributed by atoms with E-state index in [0.717, 1.165) is 0 Å². The van der Waals surface area contributed by atoms with Gasteiger partial charge in [-0.3, -0.25) is 0 Å². The van der Waals surface area contributed by atoms with Gasteiger partial charge in [-0.15, -0.1) is 0 Å². The van der Waals surface area contributed by atoms with Crippen molar-refractivity contribution < 1.29 is 17.9 Å². The van der Waals surface area contributed by atoms with Crippen molar-refractivity contribution in [3.05, 3.63) is 42.7 Å². The minimum Gasteiger partial charge on any atom is -0.491 e. The standard InChI is InChI=1S/C13H15N3O4S/c1-19-9-10-20-11-3-5-12(6-4-11)21(17,18)16-13-14-7-2-8-15-13/h2-8H,9-10H2,1H3,(H,14,15,16). The molecule has 7 nitrogen and oxygen atoms in total. The lowest BCUT2D eigenvalue weighted by atomic mass is 10.3. The molecule has 1 heterocycles. The summed E-state index contributed by atoms with van der Waals surface area (Å²) >= 11 is 0. The van der Waals surface area contributed by atoms with Crippen LogP contribution in [-0.4, -0.2) is 38.7 Å². The minimum atomic E-state index is -3.71. The molecule has 8 heteroatoms. The van der Waals surface area contributed by atoms with Crippen molar-refractivity contribution in [1.82, 2.24) is 9.97 Å². The molecule has 0 aliphatic heterocycles. The van der Waals surface area contributed by atoms with Crippen molar-refractivity contribution in [2.24, 2.45) is 0 Å². The highest BCUT2D eigenvalue weighted by molar-refractivity contribution is 7.92. The highest BCUT2D eigenvalue weighted by Crippen LogP contribution is 2.17. The third-order valence-electron chi connectivity index (χ3n) is 2.48. The summed E-state index contributed by atoms with van der Waals surface area (Å²) in [6, 6.07) is 7.66. The molecule has 0 amide bonds. The topological polar surface area (TPSA) is 90.4 Å². The second-order valence-electron chi connectivity index (χ2n) is 3.99. The van der Waals surface area contributed by atoms with Crippen LogP contribution in [0, 0.1) is 0 Å². The van der Waals surface area contributed by atoms with Gasteiger partial charge in [0.15, 0.2) is 0 Å². The lowest BCUT2D eigenvalue weighted by Gasteiger charge is -2.08. The average molecular weight is 309 g/mol. The lowest BCUT2D eigenvalue weighted by molar-refractivity contribution is 0.146. The molecule has 0 bridgehead atoms. The third-order valence-corrected chi connectivity index (χ3v) is 3.83. The maximum absolute atomic E-state index is 12.1. The normalized spacial score (nSPS) is 11.1. The van der Waals surface area contributed by atoms with Crippen LogP contribution >= 0.6 is 0 Å². The molecule has 0 unspecified atom stereocenters. The summed E-state index contributed by atoms with van der Waals surface area (Å²) in [7, 11) is -2.13. The Balaban J connectivity index is 2.06. The molecule has 1 aromatic heterocycles. The fourth-order valence-electron chi connectivity index (χ4n) is 1.49. The molecular weight excluding hydrogens is 294 g/mol. The SMILES string of the molecule is COCCOc1ccc(S(=O)(=O)Nc2ncccn2)cc1. The van der Waals surface area contributed by atoms with Gasteiger partial charge < -0.3 is 9.47 Å². The zero-order valence-corrected chi connectivity index (χ0v) is 12.2. The second-order valence-corrected chi connectivity index (χ2v) is 5.67. The minimum absolute atomic E-state index is 0.0259.